The van der Waals surface area contributed by atoms with E-state index < -0.39 is 6.10 Å². The lowest BCUT2D eigenvalue weighted by atomic mass is 10.1. The van der Waals surface area contributed by atoms with E-state index in [1.165, 1.54) is 0 Å². The van der Waals surface area contributed by atoms with Crippen molar-refractivity contribution in [3.05, 3.63) is 29.3 Å². The second-order valence-electron chi connectivity index (χ2n) is 5.19. The molecule has 1 aromatic carbocycles. The molecule has 0 unspecified atom stereocenters. The van der Waals surface area contributed by atoms with Gasteiger partial charge in [0.1, 0.15) is 5.75 Å². The van der Waals surface area contributed by atoms with Gasteiger partial charge in [-0.3, -0.25) is 4.79 Å². The van der Waals surface area contributed by atoms with E-state index in [9.17, 15) is 9.90 Å². The Bertz CT molecular complexity index is 427. The Kier molecular flexibility index (Phi) is 5.83. The normalized spacial score (nSPS) is 12.3. The number of carbonyl (C=O) groups is 1. The monoisotopic (exact) mass is 265 g/mol. The Labute approximate surface area is 114 Å². The maximum absolute atomic E-state index is 11.5. The molecule has 0 fully saturated rings. The van der Waals surface area contributed by atoms with Gasteiger partial charge in [-0.05, 0) is 43.0 Å². The summed E-state index contributed by atoms with van der Waals surface area (Å²) >= 11 is 0. The minimum Gasteiger partial charge on any atom is -0.484 e. The number of carbonyl (C=O) groups excluding carboxylic acids is 1. The molecule has 106 valence electrons. The molecule has 0 aliphatic rings. The number of hydrogen-bond donors (Lipinski definition) is 2. The first-order valence-corrected chi connectivity index (χ1v) is 6.58. The molecular formula is C15H23NO3. The van der Waals surface area contributed by atoms with Crippen molar-refractivity contribution in [3.8, 4) is 5.75 Å². The number of rotatable bonds is 6. The molecule has 1 aromatic rings. The van der Waals surface area contributed by atoms with Crippen LogP contribution in [0.25, 0.3) is 0 Å². The molecule has 1 rings (SSSR count). The second kappa shape index (κ2) is 7.14. The summed E-state index contributed by atoms with van der Waals surface area (Å²) in [6.07, 6.45) is -0.498. The van der Waals surface area contributed by atoms with Crippen LogP contribution in [-0.2, 0) is 4.79 Å². The Balaban J connectivity index is 2.51. The van der Waals surface area contributed by atoms with Crippen molar-refractivity contribution in [1.82, 2.24) is 5.32 Å². The van der Waals surface area contributed by atoms with Crippen molar-refractivity contribution in [2.24, 2.45) is 5.92 Å². The van der Waals surface area contributed by atoms with Gasteiger partial charge in [-0.15, -0.1) is 0 Å². The van der Waals surface area contributed by atoms with E-state index in [2.05, 4.69) is 5.32 Å². The van der Waals surface area contributed by atoms with Gasteiger partial charge in [-0.25, -0.2) is 0 Å². The molecule has 0 aliphatic heterocycles. The highest BCUT2D eigenvalue weighted by atomic mass is 16.5. The van der Waals surface area contributed by atoms with Crippen LogP contribution in [0.5, 0.6) is 5.75 Å². The standard InChI is InChI=1S/C15H23NO3/c1-10(2)8-16-15(18)9-19-14-6-5-13(12(4)17)7-11(14)3/h5-7,10,12,17H,8-9H2,1-4H3,(H,16,18)/t12-/m1/s1. The zero-order chi connectivity index (χ0) is 14.4. The van der Waals surface area contributed by atoms with E-state index in [-0.39, 0.29) is 12.5 Å². The van der Waals surface area contributed by atoms with E-state index in [0.29, 0.717) is 18.2 Å². The topological polar surface area (TPSA) is 58.6 Å². The van der Waals surface area contributed by atoms with Crippen LogP contribution in [-0.4, -0.2) is 24.2 Å². The third-order valence-electron chi connectivity index (χ3n) is 2.75. The molecular weight excluding hydrogens is 242 g/mol. The lowest BCUT2D eigenvalue weighted by molar-refractivity contribution is -0.123. The van der Waals surface area contributed by atoms with Gasteiger partial charge < -0.3 is 15.2 Å². The average molecular weight is 265 g/mol. The van der Waals surface area contributed by atoms with Crippen LogP contribution in [0.4, 0.5) is 0 Å². The van der Waals surface area contributed by atoms with Crippen LogP contribution < -0.4 is 10.1 Å². The number of benzene rings is 1. The SMILES string of the molecule is Cc1cc([C@@H](C)O)ccc1OCC(=O)NCC(C)C. The molecule has 19 heavy (non-hydrogen) atoms. The quantitative estimate of drug-likeness (QED) is 0.829. The molecule has 0 heterocycles. The zero-order valence-electron chi connectivity index (χ0n) is 12.1. The summed E-state index contributed by atoms with van der Waals surface area (Å²) in [5.41, 5.74) is 1.75. The molecule has 1 amide bonds. The van der Waals surface area contributed by atoms with Gasteiger partial charge >= 0.3 is 0 Å². The first kappa shape index (κ1) is 15.5. The summed E-state index contributed by atoms with van der Waals surface area (Å²) in [6.45, 7) is 8.37. The van der Waals surface area contributed by atoms with E-state index in [1.807, 2.05) is 26.8 Å². The molecule has 0 radical (unpaired) electrons. The number of aryl methyl sites for hydroxylation is 1. The Morgan fingerprint density at radius 3 is 2.58 bits per heavy atom. The van der Waals surface area contributed by atoms with E-state index in [0.717, 1.165) is 11.1 Å². The summed E-state index contributed by atoms with van der Waals surface area (Å²) < 4.78 is 5.47. The molecule has 0 aromatic heterocycles. The third-order valence-corrected chi connectivity index (χ3v) is 2.75. The van der Waals surface area contributed by atoms with Gasteiger partial charge in [0.2, 0.25) is 0 Å². The molecule has 0 saturated carbocycles. The summed E-state index contributed by atoms with van der Waals surface area (Å²) in [4.78, 5) is 11.5. The average Bonchev–Trinajstić information content (AvgIpc) is 2.34. The predicted octanol–water partition coefficient (Wildman–Crippen LogP) is 2.20. The molecule has 0 saturated heterocycles. The number of aliphatic hydroxyl groups is 1. The highest BCUT2D eigenvalue weighted by Gasteiger charge is 2.07. The van der Waals surface area contributed by atoms with Crippen LogP contribution in [0.1, 0.15) is 38.0 Å². The van der Waals surface area contributed by atoms with Crippen LogP contribution in [0, 0.1) is 12.8 Å². The van der Waals surface area contributed by atoms with Gasteiger partial charge in [0.15, 0.2) is 6.61 Å². The molecule has 4 heteroatoms. The highest BCUT2D eigenvalue weighted by molar-refractivity contribution is 5.77. The third kappa shape index (κ3) is 5.30. The maximum Gasteiger partial charge on any atom is 0.257 e. The van der Waals surface area contributed by atoms with E-state index in [4.69, 9.17) is 4.74 Å². The molecule has 0 bridgehead atoms. The van der Waals surface area contributed by atoms with Gasteiger partial charge in [-0.1, -0.05) is 19.9 Å². The number of amides is 1. The van der Waals surface area contributed by atoms with Crippen molar-refractivity contribution in [2.45, 2.75) is 33.8 Å². The highest BCUT2D eigenvalue weighted by Crippen LogP contribution is 2.22. The van der Waals surface area contributed by atoms with Crippen LogP contribution in [0.3, 0.4) is 0 Å². The molecule has 0 aliphatic carbocycles. The van der Waals surface area contributed by atoms with Gasteiger partial charge in [0, 0.05) is 6.54 Å². The van der Waals surface area contributed by atoms with Crippen LogP contribution in [0.15, 0.2) is 18.2 Å². The Morgan fingerprint density at radius 2 is 2.05 bits per heavy atom. The van der Waals surface area contributed by atoms with E-state index >= 15 is 0 Å². The van der Waals surface area contributed by atoms with Crippen molar-refractivity contribution in [2.75, 3.05) is 13.2 Å². The lowest BCUT2D eigenvalue weighted by Crippen LogP contribution is -2.31. The van der Waals surface area contributed by atoms with Crippen LogP contribution in [0.2, 0.25) is 0 Å². The zero-order valence-corrected chi connectivity index (χ0v) is 12.1. The summed E-state index contributed by atoms with van der Waals surface area (Å²) in [5.74, 6) is 0.979. The van der Waals surface area contributed by atoms with Crippen molar-refractivity contribution >= 4 is 5.91 Å². The van der Waals surface area contributed by atoms with Crippen molar-refractivity contribution in [1.29, 1.82) is 0 Å². The summed E-state index contributed by atoms with van der Waals surface area (Å²) in [5, 5.41) is 12.3. The van der Waals surface area contributed by atoms with Gasteiger partial charge in [0.25, 0.3) is 5.91 Å². The second-order valence-corrected chi connectivity index (χ2v) is 5.19. The summed E-state index contributed by atoms with van der Waals surface area (Å²) in [7, 11) is 0. The fraction of sp³-hybridized carbons (Fsp3) is 0.533. The Morgan fingerprint density at radius 1 is 1.37 bits per heavy atom. The molecule has 2 N–H and O–H groups in total. The fourth-order valence-corrected chi connectivity index (χ4v) is 1.61. The molecule has 1 atom stereocenters. The maximum atomic E-state index is 11.5. The van der Waals surface area contributed by atoms with Crippen molar-refractivity contribution < 1.29 is 14.6 Å². The van der Waals surface area contributed by atoms with Crippen LogP contribution >= 0.6 is 0 Å². The molecule has 4 nitrogen and oxygen atoms in total. The number of hydrogen-bond acceptors (Lipinski definition) is 3. The van der Waals surface area contributed by atoms with Gasteiger partial charge in [-0.2, -0.15) is 0 Å². The minimum atomic E-state index is -0.498. The Hall–Kier alpha value is -1.55. The number of aliphatic hydroxyl groups excluding tert-OH is 1. The summed E-state index contributed by atoms with van der Waals surface area (Å²) in [6, 6.07) is 5.46. The lowest BCUT2D eigenvalue weighted by Gasteiger charge is -2.12. The first-order valence-electron chi connectivity index (χ1n) is 6.58. The largest absolute Gasteiger partial charge is 0.484 e. The molecule has 0 spiro atoms. The minimum absolute atomic E-state index is 0.0155. The number of nitrogens with one attached hydrogen (secondary N) is 1. The van der Waals surface area contributed by atoms with Crippen molar-refractivity contribution in [3.63, 3.8) is 0 Å². The van der Waals surface area contributed by atoms with E-state index in [1.54, 1.807) is 19.1 Å². The first-order chi connectivity index (χ1) is 8.90. The smallest absolute Gasteiger partial charge is 0.257 e. The predicted molar refractivity (Wildman–Crippen MR) is 75.2 cm³/mol. The fourth-order valence-electron chi connectivity index (χ4n) is 1.61. The van der Waals surface area contributed by atoms with Gasteiger partial charge in [0.05, 0.1) is 6.10 Å². The number of ether oxygens (including phenoxy) is 1.